The van der Waals surface area contributed by atoms with E-state index < -0.39 is 18.2 Å². The number of hydrogen-bond donors (Lipinski definition) is 2. The average Bonchev–Trinajstić information content (AvgIpc) is 3.14. The number of hydrogen-bond acceptors (Lipinski definition) is 8. The van der Waals surface area contributed by atoms with Crippen LogP contribution in [0.25, 0.3) is 0 Å². The summed E-state index contributed by atoms with van der Waals surface area (Å²) in [6.07, 6.45) is 0. The standard InChI is InChI=1S/C20H16O8/c1-25-17-7-13(8-18-20(17)28-11-27-18)19(24)16(23)10-26-4-2-3-12-5-14(21)9-15(22)6-12/h5-9,21-22H,4,10-11H2,1H3. The van der Waals surface area contributed by atoms with Crippen molar-refractivity contribution >= 4 is 11.6 Å². The van der Waals surface area contributed by atoms with Crippen LogP contribution < -0.4 is 14.2 Å². The van der Waals surface area contributed by atoms with Crippen molar-refractivity contribution in [3.8, 4) is 40.6 Å². The Hall–Kier alpha value is -3.70. The van der Waals surface area contributed by atoms with Gasteiger partial charge in [0.1, 0.15) is 24.7 Å². The molecule has 0 fully saturated rings. The average molecular weight is 384 g/mol. The van der Waals surface area contributed by atoms with Crippen molar-refractivity contribution in [3.63, 3.8) is 0 Å². The van der Waals surface area contributed by atoms with Crippen LogP contribution in [0.3, 0.4) is 0 Å². The number of methoxy groups -OCH3 is 1. The number of carbonyl (C=O) groups excluding carboxylic acids is 2. The number of phenolic OH excluding ortho intramolecular Hbond substituents is 2. The smallest absolute Gasteiger partial charge is 0.231 e. The maximum atomic E-state index is 12.3. The zero-order valence-corrected chi connectivity index (χ0v) is 14.9. The van der Waals surface area contributed by atoms with E-state index in [4.69, 9.17) is 18.9 Å². The summed E-state index contributed by atoms with van der Waals surface area (Å²) < 4.78 is 20.7. The minimum absolute atomic E-state index is 0.00995. The number of ether oxygens (including phenoxy) is 4. The van der Waals surface area contributed by atoms with Gasteiger partial charge in [-0.1, -0.05) is 11.8 Å². The van der Waals surface area contributed by atoms with Crippen molar-refractivity contribution in [2.24, 2.45) is 0 Å². The van der Waals surface area contributed by atoms with Gasteiger partial charge in [0.2, 0.25) is 24.1 Å². The number of phenols is 2. The summed E-state index contributed by atoms with van der Waals surface area (Å²) in [6, 6.07) is 6.74. The van der Waals surface area contributed by atoms with Crippen LogP contribution in [-0.2, 0) is 9.53 Å². The van der Waals surface area contributed by atoms with Crippen molar-refractivity contribution in [3.05, 3.63) is 41.5 Å². The van der Waals surface area contributed by atoms with Crippen molar-refractivity contribution in [2.45, 2.75) is 0 Å². The molecule has 8 nitrogen and oxygen atoms in total. The van der Waals surface area contributed by atoms with Gasteiger partial charge in [-0.05, 0) is 24.3 Å². The van der Waals surface area contributed by atoms with Gasteiger partial charge in [-0.25, -0.2) is 0 Å². The number of benzene rings is 2. The van der Waals surface area contributed by atoms with Crippen LogP contribution in [0.4, 0.5) is 0 Å². The van der Waals surface area contributed by atoms with Gasteiger partial charge in [0.25, 0.3) is 0 Å². The van der Waals surface area contributed by atoms with Crippen LogP contribution in [0.15, 0.2) is 30.3 Å². The summed E-state index contributed by atoms with van der Waals surface area (Å²) in [5.41, 5.74) is 0.493. The zero-order valence-electron chi connectivity index (χ0n) is 14.9. The number of ketones is 2. The second-order valence-corrected chi connectivity index (χ2v) is 5.70. The highest BCUT2D eigenvalue weighted by molar-refractivity contribution is 6.44. The van der Waals surface area contributed by atoms with Gasteiger partial charge in [0, 0.05) is 17.2 Å². The third kappa shape index (κ3) is 4.34. The Labute approximate surface area is 160 Å². The summed E-state index contributed by atoms with van der Waals surface area (Å²) >= 11 is 0. The first-order chi connectivity index (χ1) is 13.5. The molecular formula is C20H16O8. The van der Waals surface area contributed by atoms with Gasteiger partial charge in [-0.2, -0.15) is 0 Å². The predicted octanol–water partition coefficient (Wildman–Crippen LogP) is 1.66. The first-order valence-corrected chi connectivity index (χ1v) is 8.12. The molecule has 0 aliphatic carbocycles. The first kappa shape index (κ1) is 19.1. The SMILES string of the molecule is COc1cc(C(=O)C(=O)COCC#Cc2cc(O)cc(O)c2)cc2c1OCO2. The molecule has 0 amide bonds. The molecule has 2 N–H and O–H groups in total. The fourth-order valence-corrected chi connectivity index (χ4v) is 2.49. The van der Waals surface area contributed by atoms with Crippen molar-refractivity contribution < 1.29 is 38.7 Å². The van der Waals surface area contributed by atoms with E-state index in [2.05, 4.69) is 11.8 Å². The quantitative estimate of drug-likeness (QED) is 0.335. The molecule has 2 aromatic rings. The van der Waals surface area contributed by atoms with Gasteiger partial charge in [-0.15, -0.1) is 0 Å². The Balaban J connectivity index is 1.57. The second-order valence-electron chi connectivity index (χ2n) is 5.70. The van der Waals surface area contributed by atoms with E-state index >= 15 is 0 Å². The number of carbonyl (C=O) groups is 2. The molecular weight excluding hydrogens is 368 g/mol. The normalized spacial score (nSPS) is 11.5. The molecule has 1 heterocycles. The lowest BCUT2D eigenvalue weighted by atomic mass is 10.1. The Morgan fingerprint density at radius 2 is 1.86 bits per heavy atom. The zero-order chi connectivity index (χ0) is 20.1. The summed E-state index contributed by atoms with van der Waals surface area (Å²) in [7, 11) is 1.42. The van der Waals surface area contributed by atoms with E-state index in [9.17, 15) is 19.8 Å². The maximum absolute atomic E-state index is 12.3. The Kier molecular flexibility index (Phi) is 5.67. The van der Waals surface area contributed by atoms with Crippen LogP contribution in [0.2, 0.25) is 0 Å². The number of rotatable bonds is 6. The molecule has 0 saturated carbocycles. The molecule has 0 unspecified atom stereocenters. The van der Waals surface area contributed by atoms with Gasteiger partial charge in [0.15, 0.2) is 11.5 Å². The Morgan fingerprint density at radius 3 is 2.57 bits per heavy atom. The van der Waals surface area contributed by atoms with E-state index in [1.54, 1.807) is 0 Å². The highest BCUT2D eigenvalue weighted by Gasteiger charge is 2.25. The van der Waals surface area contributed by atoms with Gasteiger partial charge < -0.3 is 29.2 Å². The van der Waals surface area contributed by atoms with Crippen molar-refractivity contribution in [1.29, 1.82) is 0 Å². The number of aromatic hydroxyl groups is 2. The third-order valence-electron chi connectivity index (χ3n) is 3.72. The Bertz CT molecular complexity index is 963. The maximum Gasteiger partial charge on any atom is 0.231 e. The highest BCUT2D eigenvalue weighted by Crippen LogP contribution is 2.41. The van der Waals surface area contributed by atoms with Gasteiger partial charge in [-0.3, -0.25) is 9.59 Å². The molecule has 0 radical (unpaired) electrons. The first-order valence-electron chi connectivity index (χ1n) is 8.12. The number of fused-ring (bicyclic) bond motifs is 1. The third-order valence-corrected chi connectivity index (χ3v) is 3.72. The van der Waals surface area contributed by atoms with E-state index in [0.29, 0.717) is 22.8 Å². The van der Waals surface area contributed by atoms with E-state index in [0.717, 1.165) is 0 Å². The van der Waals surface area contributed by atoms with Crippen LogP contribution >= 0.6 is 0 Å². The van der Waals surface area contributed by atoms with Gasteiger partial charge in [0.05, 0.1) is 7.11 Å². The molecule has 2 aromatic carbocycles. The molecule has 1 aliphatic heterocycles. The molecule has 0 saturated heterocycles. The molecule has 28 heavy (non-hydrogen) atoms. The van der Waals surface area contributed by atoms with E-state index in [-0.39, 0.29) is 30.5 Å². The molecule has 1 aliphatic rings. The minimum atomic E-state index is -0.752. The summed E-state index contributed by atoms with van der Waals surface area (Å²) in [5, 5.41) is 18.7. The summed E-state index contributed by atoms with van der Waals surface area (Å²) in [5.74, 6) is 4.57. The van der Waals surface area contributed by atoms with Crippen molar-refractivity contribution in [2.75, 3.05) is 27.1 Å². The molecule has 0 bridgehead atoms. The molecule has 3 rings (SSSR count). The lowest BCUT2D eigenvalue weighted by Gasteiger charge is -2.07. The summed E-state index contributed by atoms with van der Waals surface area (Å²) in [4.78, 5) is 24.4. The fraction of sp³-hybridized carbons (Fsp3) is 0.200. The minimum Gasteiger partial charge on any atom is -0.508 e. The molecule has 0 atom stereocenters. The molecule has 144 valence electrons. The Morgan fingerprint density at radius 1 is 1.11 bits per heavy atom. The topological polar surface area (TPSA) is 112 Å². The fourth-order valence-electron chi connectivity index (χ4n) is 2.49. The van der Waals surface area contributed by atoms with E-state index in [1.165, 1.54) is 37.4 Å². The highest BCUT2D eigenvalue weighted by atomic mass is 16.7. The molecule has 0 aromatic heterocycles. The largest absolute Gasteiger partial charge is 0.508 e. The van der Waals surface area contributed by atoms with Crippen LogP contribution in [0.1, 0.15) is 15.9 Å². The van der Waals surface area contributed by atoms with Gasteiger partial charge >= 0.3 is 0 Å². The van der Waals surface area contributed by atoms with Crippen LogP contribution in [0.5, 0.6) is 28.7 Å². The predicted molar refractivity (Wildman–Crippen MR) is 95.9 cm³/mol. The lowest BCUT2D eigenvalue weighted by Crippen LogP contribution is -2.20. The lowest BCUT2D eigenvalue weighted by molar-refractivity contribution is -0.118. The second kappa shape index (κ2) is 8.33. The molecule has 8 heteroatoms. The number of Topliss-reactive ketones (excluding diaryl/α,β-unsaturated/α-hetero) is 2. The summed E-state index contributed by atoms with van der Waals surface area (Å²) in [6.45, 7) is -0.550. The van der Waals surface area contributed by atoms with Crippen LogP contribution in [-0.4, -0.2) is 48.9 Å². The monoisotopic (exact) mass is 384 g/mol. The molecule has 0 spiro atoms. The van der Waals surface area contributed by atoms with Crippen LogP contribution in [0, 0.1) is 11.8 Å². The van der Waals surface area contributed by atoms with E-state index in [1.807, 2.05) is 0 Å². The van der Waals surface area contributed by atoms with Crippen molar-refractivity contribution in [1.82, 2.24) is 0 Å².